The number of hydrogen-bond acceptors (Lipinski definition) is 5. The lowest BCUT2D eigenvalue weighted by Crippen LogP contribution is -2.47. The van der Waals surface area contributed by atoms with Crippen molar-refractivity contribution >= 4 is 17.6 Å². The largest absolute Gasteiger partial charge is 0.427 e. The van der Waals surface area contributed by atoms with Crippen molar-refractivity contribution in [3.8, 4) is 11.8 Å². The number of benzene rings is 1. The average Bonchev–Trinajstić information content (AvgIpc) is 2.61. The van der Waals surface area contributed by atoms with E-state index in [1.54, 1.807) is 12.1 Å². The van der Waals surface area contributed by atoms with E-state index in [1.807, 2.05) is 13.0 Å². The maximum atomic E-state index is 12.9. The molecule has 1 aromatic carbocycles. The predicted octanol–water partition coefficient (Wildman–Crippen LogP) is 3.55. The summed E-state index contributed by atoms with van der Waals surface area (Å²) in [6, 6.07) is 6.60. The first-order chi connectivity index (χ1) is 12.0. The second-order valence-corrected chi connectivity index (χ2v) is 6.27. The van der Waals surface area contributed by atoms with Crippen LogP contribution in [0.5, 0.6) is 5.75 Å². The summed E-state index contributed by atoms with van der Waals surface area (Å²) in [5.41, 5.74) is -0.183. The van der Waals surface area contributed by atoms with Crippen LogP contribution in [-0.4, -0.2) is 24.1 Å². The van der Waals surface area contributed by atoms with E-state index in [2.05, 4.69) is 5.32 Å². The zero-order valence-electron chi connectivity index (χ0n) is 14.8. The smallest absolute Gasteiger partial charge is 0.308 e. The van der Waals surface area contributed by atoms with Crippen molar-refractivity contribution in [3.63, 3.8) is 0 Å². The zero-order chi connectivity index (χ0) is 18.3. The molecule has 1 saturated carbocycles. The molecule has 0 aromatic heterocycles. The van der Waals surface area contributed by atoms with Crippen molar-refractivity contribution in [1.82, 2.24) is 0 Å². The highest BCUT2D eigenvalue weighted by Gasteiger charge is 2.40. The van der Waals surface area contributed by atoms with Crippen LogP contribution in [0, 0.1) is 11.3 Å². The fourth-order valence-corrected chi connectivity index (χ4v) is 3.05. The molecule has 1 fully saturated rings. The molecule has 0 bridgehead atoms. The zero-order valence-corrected chi connectivity index (χ0v) is 14.8. The van der Waals surface area contributed by atoms with Gasteiger partial charge in [0.2, 0.25) is 0 Å². The monoisotopic (exact) mass is 344 g/mol. The van der Waals surface area contributed by atoms with Gasteiger partial charge in [-0.15, -0.1) is 0 Å². The van der Waals surface area contributed by atoms with Crippen LogP contribution >= 0.6 is 0 Å². The minimum absolute atomic E-state index is 0.211. The Bertz CT molecular complexity index is 672. The molecule has 2 rings (SSSR count). The van der Waals surface area contributed by atoms with Gasteiger partial charge >= 0.3 is 5.97 Å². The van der Waals surface area contributed by atoms with Crippen molar-refractivity contribution < 1.29 is 19.1 Å². The number of esters is 1. The molecule has 0 atom stereocenters. The average molecular weight is 344 g/mol. The van der Waals surface area contributed by atoms with E-state index in [0.717, 1.165) is 25.7 Å². The molecule has 6 heteroatoms. The highest BCUT2D eigenvalue weighted by atomic mass is 16.5. The van der Waals surface area contributed by atoms with Gasteiger partial charge in [0, 0.05) is 19.6 Å². The van der Waals surface area contributed by atoms with Crippen molar-refractivity contribution in [2.24, 2.45) is 0 Å². The third kappa shape index (κ3) is 4.80. The molecule has 25 heavy (non-hydrogen) atoms. The summed E-state index contributed by atoms with van der Waals surface area (Å²) in [7, 11) is 0. The van der Waals surface area contributed by atoms with E-state index in [-0.39, 0.29) is 17.2 Å². The number of nitrogens with one attached hydrogen (secondary N) is 1. The lowest BCUT2D eigenvalue weighted by Gasteiger charge is -2.35. The van der Waals surface area contributed by atoms with Gasteiger partial charge in [-0.2, -0.15) is 5.26 Å². The van der Waals surface area contributed by atoms with E-state index >= 15 is 0 Å². The first-order valence-electron chi connectivity index (χ1n) is 8.69. The Kier molecular flexibility index (Phi) is 6.54. The van der Waals surface area contributed by atoms with Crippen molar-refractivity contribution in [2.45, 2.75) is 58.0 Å². The number of nitrogens with zero attached hydrogens (tertiary/aromatic N) is 1. The summed E-state index contributed by atoms with van der Waals surface area (Å²) in [6.45, 7) is 3.83. The van der Waals surface area contributed by atoms with Crippen molar-refractivity contribution in [3.05, 3.63) is 23.8 Å². The molecule has 0 heterocycles. The van der Waals surface area contributed by atoms with E-state index in [1.165, 1.54) is 13.0 Å². The maximum Gasteiger partial charge on any atom is 0.308 e. The molecule has 1 aliphatic carbocycles. The minimum Gasteiger partial charge on any atom is -0.427 e. The summed E-state index contributed by atoms with van der Waals surface area (Å²) in [5.74, 6) is -0.399. The number of ether oxygens (including phenoxy) is 2. The molecule has 6 nitrogen and oxygen atoms in total. The van der Waals surface area contributed by atoms with Crippen LogP contribution in [0.1, 0.15) is 57.9 Å². The maximum absolute atomic E-state index is 12.9. The third-order valence-corrected chi connectivity index (χ3v) is 4.28. The number of rotatable bonds is 6. The fraction of sp³-hybridized carbons (Fsp3) is 0.526. The summed E-state index contributed by atoms with van der Waals surface area (Å²) in [5, 5.41) is 12.2. The second kappa shape index (κ2) is 8.63. The first-order valence-corrected chi connectivity index (χ1v) is 8.69. The van der Waals surface area contributed by atoms with Crippen LogP contribution in [0.2, 0.25) is 0 Å². The Morgan fingerprint density at radius 3 is 2.60 bits per heavy atom. The molecule has 0 radical (unpaired) electrons. The van der Waals surface area contributed by atoms with Gasteiger partial charge in [0.15, 0.2) is 0 Å². The van der Waals surface area contributed by atoms with Crippen LogP contribution in [0.25, 0.3) is 0 Å². The van der Waals surface area contributed by atoms with Gasteiger partial charge in [-0.25, -0.2) is 0 Å². The second-order valence-electron chi connectivity index (χ2n) is 6.27. The lowest BCUT2D eigenvalue weighted by molar-refractivity contribution is -0.146. The SMILES string of the molecule is CCCOC1(C(=O)Nc2ccc(OC(C)=O)cc2C#N)CCCCC1. The number of amides is 1. The summed E-state index contributed by atoms with van der Waals surface area (Å²) < 4.78 is 10.9. The Morgan fingerprint density at radius 2 is 2.00 bits per heavy atom. The number of carbonyl (C=O) groups is 2. The highest BCUT2D eigenvalue weighted by Crippen LogP contribution is 2.34. The molecule has 1 aliphatic rings. The summed E-state index contributed by atoms with van der Waals surface area (Å²) in [4.78, 5) is 23.9. The quantitative estimate of drug-likeness (QED) is 0.630. The van der Waals surface area contributed by atoms with Crippen molar-refractivity contribution in [1.29, 1.82) is 5.26 Å². The Balaban J connectivity index is 2.20. The van der Waals surface area contributed by atoms with Crippen LogP contribution in [0.15, 0.2) is 18.2 Å². The Morgan fingerprint density at radius 1 is 1.28 bits per heavy atom. The molecule has 0 unspecified atom stereocenters. The normalized spacial score (nSPS) is 15.9. The van der Waals surface area contributed by atoms with E-state index in [0.29, 0.717) is 25.1 Å². The van der Waals surface area contributed by atoms with Gasteiger partial charge in [-0.3, -0.25) is 9.59 Å². The Hall–Kier alpha value is -2.39. The summed E-state index contributed by atoms with van der Waals surface area (Å²) >= 11 is 0. The predicted molar refractivity (Wildman–Crippen MR) is 93.2 cm³/mol. The van der Waals surface area contributed by atoms with Crippen LogP contribution in [-0.2, 0) is 14.3 Å². The number of anilines is 1. The van der Waals surface area contributed by atoms with Gasteiger partial charge in [-0.1, -0.05) is 26.2 Å². The van der Waals surface area contributed by atoms with Gasteiger partial charge in [-0.05, 0) is 31.4 Å². The molecule has 1 N–H and O–H groups in total. The molecule has 1 aromatic rings. The number of hydrogen-bond donors (Lipinski definition) is 1. The van der Waals surface area contributed by atoms with Crippen LogP contribution in [0.4, 0.5) is 5.69 Å². The molecule has 0 saturated heterocycles. The first kappa shape index (κ1) is 18.9. The van der Waals surface area contributed by atoms with Crippen molar-refractivity contribution in [2.75, 3.05) is 11.9 Å². The van der Waals surface area contributed by atoms with E-state index in [9.17, 15) is 14.9 Å². The minimum atomic E-state index is -0.824. The van der Waals surface area contributed by atoms with E-state index in [4.69, 9.17) is 9.47 Å². The van der Waals surface area contributed by atoms with Gasteiger partial charge in [0.05, 0.1) is 11.3 Å². The number of carbonyl (C=O) groups excluding carboxylic acids is 2. The highest BCUT2D eigenvalue weighted by molar-refractivity contribution is 5.98. The molecule has 1 amide bonds. The summed E-state index contributed by atoms with van der Waals surface area (Å²) in [6.07, 6.45) is 5.22. The molecular weight excluding hydrogens is 320 g/mol. The molecule has 134 valence electrons. The van der Waals surface area contributed by atoms with Gasteiger partial charge in [0.1, 0.15) is 17.4 Å². The Labute approximate surface area is 148 Å². The van der Waals surface area contributed by atoms with Gasteiger partial charge < -0.3 is 14.8 Å². The standard InChI is InChI=1S/C19H24N2O4/c1-3-11-24-19(9-5-4-6-10-19)18(23)21-17-8-7-16(25-14(2)22)12-15(17)13-20/h7-8,12H,3-6,9-11H2,1-2H3,(H,21,23). The van der Waals surface area contributed by atoms with Crippen LogP contribution < -0.4 is 10.1 Å². The topological polar surface area (TPSA) is 88.4 Å². The van der Waals surface area contributed by atoms with Gasteiger partial charge in [0.25, 0.3) is 5.91 Å². The van der Waals surface area contributed by atoms with E-state index < -0.39 is 11.6 Å². The van der Waals surface area contributed by atoms with Crippen LogP contribution in [0.3, 0.4) is 0 Å². The fourth-order valence-electron chi connectivity index (χ4n) is 3.05. The number of nitriles is 1. The third-order valence-electron chi connectivity index (χ3n) is 4.28. The molecule has 0 aliphatic heterocycles. The lowest BCUT2D eigenvalue weighted by atomic mass is 9.83. The molecular formula is C19H24N2O4. The molecule has 0 spiro atoms.